The summed E-state index contributed by atoms with van der Waals surface area (Å²) in [6.45, 7) is 0.560. The first kappa shape index (κ1) is 17.0. The summed E-state index contributed by atoms with van der Waals surface area (Å²) in [5.41, 5.74) is 3.08. The smallest absolute Gasteiger partial charge is 0.231 e. The third-order valence-corrected chi connectivity index (χ3v) is 4.73. The molecule has 4 aromatic rings. The summed E-state index contributed by atoms with van der Waals surface area (Å²) in [6, 6.07) is 34.5. The Hall–Kier alpha value is -3.39. The predicted molar refractivity (Wildman–Crippen MR) is 112 cm³/mol. The molecule has 0 saturated heterocycles. The number of hydrogen-bond donors (Lipinski definition) is 0. The molecule has 4 rings (SSSR count). The van der Waals surface area contributed by atoms with Crippen LogP contribution in [0.4, 0.5) is 5.69 Å². The molecule has 0 aliphatic carbocycles. The van der Waals surface area contributed by atoms with Crippen molar-refractivity contribution in [3.63, 3.8) is 0 Å². The third kappa shape index (κ3) is 4.06. The van der Waals surface area contributed by atoms with E-state index in [4.69, 9.17) is 0 Å². The number of nitrogens with zero attached hydrogens (tertiary/aromatic N) is 1. The number of hydrogen-bond acceptors (Lipinski definition) is 1. The second kappa shape index (κ2) is 7.88. The second-order valence-corrected chi connectivity index (χ2v) is 6.66. The first-order valence-corrected chi connectivity index (χ1v) is 9.16. The van der Waals surface area contributed by atoms with Gasteiger partial charge in [-0.1, -0.05) is 91.0 Å². The Bertz CT molecular complexity index is 1040. The molecule has 132 valence electrons. The molecule has 0 aliphatic heterocycles. The minimum absolute atomic E-state index is 0.0975. The largest absolute Gasteiger partial charge is 0.308 e. The maximum absolute atomic E-state index is 13.2. The van der Waals surface area contributed by atoms with Gasteiger partial charge >= 0.3 is 0 Å². The SMILES string of the molecule is O=C(Cc1ccccc1)N(Cc1ccccc1)c1ccc2ccccc2c1. The van der Waals surface area contributed by atoms with Gasteiger partial charge in [-0.2, -0.15) is 0 Å². The van der Waals surface area contributed by atoms with E-state index < -0.39 is 0 Å². The zero-order valence-corrected chi connectivity index (χ0v) is 15.1. The Morgan fingerprint density at radius 3 is 1.93 bits per heavy atom. The monoisotopic (exact) mass is 351 g/mol. The number of amides is 1. The summed E-state index contributed by atoms with van der Waals surface area (Å²) in [4.78, 5) is 15.1. The fourth-order valence-corrected chi connectivity index (χ4v) is 3.30. The minimum atomic E-state index is 0.0975. The van der Waals surface area contributed by atoms with Crippen LogP contribution in [0.15, 0.2) is 103 Å². The van der Waals surface area contributed by atoms with Gasteiger partial charge in [-0.3, -0.25) is 4.79 Å². The minimum Gasteiger partial charge on any atom is -0.308 e. The molecule has 0 aromatic heterocycles. The van der Waals surface area contributed by atoms with Gasteiger partial charge in [0.25, 0.3) is 0 Å². The van der Waals surface area contributed by atoms with E-state index >= 15 is 0 Å². The number of rotatable bonds is 5. The average Bonchev–Trinajstić information content (AvgIpc) is 2.73. The number of carbonyl (C=O) groups is 1. The standard InChI is InChI=1S/C25H21NO/c27-25(17-20-9-3-1-4-10-20)26(19-21-11-5-2-6-12-21)24-16-15-22-13-7-8-14-23(22)18-24/h1-16,18H,17,19H2. The van der Waals surface area contributed by atoms with Crippen molar-refractivity contribution >= 4 is 22.4 Å². The summed E-state index contributed by atoms with van der Waals surface area (Å²) in [5.74, 6) is 0.0975. The van der Waals surface area contributed by atoms with Crippen molar-refractivity contribution in [2.75, 3.05) is 4.90 Å². The first-order valence-electron chi connectivity index (χ1n) is 9.16. The molecule has 0 saturated carbocycles. The van der Waals surface area contributed by atoms with E-state index in [9.17, 15) is 4.79 Å². The lowest BCUT2D eigenvalue weighted by molar-refractivity contribution is -0.118. The highest BCUT2D eigenvalue weighted by molar-refractivity contribution is 5.97. The Morgan fingerprint density at radius 2 is 1.22 bits per heavy atom. The Balaban J connectivity index is 1.68. The zero-order valence-electron chi connectivity index (χ0n) is 15.1. The summed E-state index contributed by atoms with van der Waals surface area (Å²) < 4.78 is 0. The van der Waals surface area contributed by atoms with Crippen LogP contribution in [0.1, 0.15) is 11.1 Å². The van der Waals surface area contributed by atoms with E-state index in [1.165, 1.54) is 5.39 Å². The summed E-state index contributed by atoms with van der Waals surface area (Å²) in [6.07, 6.45) is 0.389. The lowest BCUT2D eigenvalue weighted by Crippen LogP contribution is -2.31. The van der Waals surface area contributed by atoms with Crippen molar-refractivity contribution in [2.45, 2.75) is 13.0 Å². The number of anilines is 1. The van der Waals surface area contributed by atoms with Gasteiger partial charge in [0.15, 0.2) is 0 Å². The highest BCUT2D eigenvalue weighted by Gasteiger charge is 2.17. The van der Waals surface area contributed by atoms with Crippen molar-refractivity contribution in [2.24, 2.45) is 0 Å². The molecular weight excluding hydrogens is 330 g/mol. The molecule has 4 aromatic carbocycles. The van der Waals surface area contributed by atoms with Crippen molar-refractivity contribution in [1.82, 2.24) is 0 Å². The van der Waals surface area contributed by atoms with Crippen molar-refractivity contribution in [3.05, 3.63) is 114 Å². The normalized spacial score (nSPS) is 10.7. The van der Waals surface area contributed by atoms with Crippen LogP contribution in [0.25, 0.3) is 10.8 Å². The van der Waals surface area contributed by atoms with Crippen LogP contribution >= 0.6 is 0 Å². The lowest BCUT2D eigenvalue weighted by Gasteiger charge is -2.24. The molecule has 0 unspecified atom stereocenters. The molecule has 0 spiro atoms. The zero-order chi connectivity index (χ0) is 18.5. The Kier molecular flexibility index (Phi) is 4.97. The molecule has 0 bridgehead atoms. The molecule has 2 nitrogen and oxygen atoms in total. The fraction of sp³-hybridized carbons (Fsp3) is 0.0800. The second-order valence-electron chi connectivity index (χ2n) is 6.66. The maximum atomic E-state index is 13.2. The molecule has 0 radical (unpaired) electrons. The van der Waals surface area contributed by atoms with E-state index in [2.05, 4.69) is 36.4 Å². The Labute approximate surface area is 159 Å². The summed E-state index contributed by atoms with van der Waals surface area (Å²) in [7, 11) is 0. The van der Waals surface area contributed by atoms with Gasteiger partial charge < -0.3 is 4.90 Å². The average molecular weight is 351 g/mol. The predicted octanol–water partition coefficient (Wildman–Crippen LogP) is 5.62. The van der Waals surface area contributed by atoms with E-state index in [1.807, 2.05) is 71.6 Å². The number of fused-ring (bicyclic) bond motifs is 1. The van der Waals surface area contributed by atoms with Crippen LogP contribution < -0.4 is 4.90 Å². The van der Waals surface area contributed by atoms with Crippen molar-refractivity contribution in [3.8, 4) is 0 Å². The highest BCUT2D eigenvalue weighted by atomic mass is 16.2. The number of carbonyl (C=O) groups excluding carboxylic acids is 1. The van der Waals surface area contributed by atoms with Crippen LogP contribution in [0.2, 0.25) is 0 Å². The molecule has 0 fully saturated rings. The van der Waals surface area contributed by atoms with Gasteiger partial charge in [0.05, 0.1) is 13.0 Å². The highest BCUT2D eigenvalue weighted by Crippen LogP contribution is 2.24. The van der Waals surface area contributed by atoms with Crippen LogP contribution in [0.3, 0.4) is 0 Å². The van der Waals surface area contributed by atoms with E-state index in [0.717, 1.165) is 22.2 Å². The van der Waals surface area contributed by atoms with E-state index in [1.54, 1.807) is 0 Å². The van der Waals surface area contributed by atoms with Gasteiger partial charge in [0.1, 0.15) is 0 Å². The van der Waals surface area contributed by atoms with E-state index in [-0.39, 0.29) is 5.91 Å². The number of benzene rings is 4. The molecule has 2 heteroatoms. The van der Waals surface area contributed by atoms with Gasteiger partial charge in [-0.15, -0.1) is 0 Å². The van der Waals surface area contributed by atoms with Crippen LogP contribution in [-0.4, -0.2) is 5.91 Å². The first-order chi connectivity index (χ1) is 13.3. The molecule has 0 heterocycles. The topological polar surface area (TPSA) is 20.3 Å². The lowest BCUT2D eigenvalue weighted by atomic mass is 10.1. The molecule has 0 aliphatic rings. The molecule has 0 atom stereocenters. The molecule has 27 heavy (non-hydrogen) atoms. The quantitative estimate of drug-likeness (QED) is 0.457. The van der Waals surface area contributed by atoms with Gasteiger partial charge in [0, 0.05) is 5.69 Å². The van der Waals surface area contributed by atoms with Crippen LogP contribution in [0.5, 0.6) is 0 Å². The van der Waals surface area contributed by atoms with Gasteiger partial charge in [0.2, 0.25) is 5.91 Å². The van der Waals surface area contributed by atoms with Gasteiger partial charge in [-0.05, 0) is 34.0 Å². The third-order valence-electron chi connectivity index (χ3n) is 4.73. The van der Waals surface area contributed by atoms with Crippen LogP contribution in [-0.2, 0) is 17.8 Å². The molecular formula is C25H21NO. The van der Waals surface area contributed by atoms with E-state index in [0.29, 0.717) is 13.0 Å². The Morgan fingerprint density at radius 1 is 0.630 bits per heavy atom. The molecule has 0 N–H and O–H groups in total. The summed E-state index contributed by atoms with van der Waals surface area (Å²) >= 11 is 0. The van der Waals surface area contributed by atoms with Crippen molar-refractivity contribution < 1.29 is 4.79 Å². The van der Waals surface area contributed by atoms with Gasteiger partial charge in [-0.25, -0.2) is 0 Å². The van der Waals surface area contributed by atoms with Crippen molar-refractivity contribution in [1.29, 1.82) is 0 Å². The van der Waals surface area contributed by atoms with Crippen LogP contribution in [0, 0.1) is 0 Å². The maximum Gasteiger partial charge on any atom is 0.231 e. The summed E-state index contributed by atoms with van der Waals surface area (Å²) in [5, 5.41) is 2.32. The fourth-order valence-electron chi connectivity index (χ4n) is 3.30. The molecule has 1 amide bonds.